The number of sulfonamides is 1. The Labute approximate surface area is 121 Å². The lowest BCUT2D eigenvalue weighted by atomic mass is 9.93. The number of rotatable bonds is 3. The van der Waals surface area contributed by atoms with Crippen LogP contribution in [0.4, 0.5) is 0 Å². The largest absolute Gasteiger partial charge is 0.328 e. The van der Waals surface area contributed by atoms with Gasteiger partial charge in [-0.15, -0.1) is 12.4 Å². The zero-order valence-corrected chi connectivity index (χ0v) is 12.7. The third-order valence-corrected chi connectivity index (χ3v) is 5.42. The minimum Gasteiger partial charge on any atom is -0.328 e. The molecular weight excluding hydrogens is 284 g/mol. The number of nitrogens with two attached hydrogens (primary N) is 1. The molecule has 1 saturated heterocycles. The fraction of sp³-hybridized carbons (Fsp3) is 0.538. The van der Waals surface area contributed by atoms with Crippen LogP contribution in [0.15, 0.2) is 35.2 Å². The SMILES string of the molecule is CC(N)C1CCCN(S(=O)(=O)c2ccccc2)C1.Cl. The van der Waals surface area contributed by atoms with Gasteiger partial charge in [-0.3, -0.25) is 0 Å². The first-order chi connectivity index (χ1) is 8.51. The fourth-order valence-electron chi connectivity index (χ4n) is 2.36. The van der Waals surface area contributed by atoms with E-state index in [1.165, 1.54) is 0 Å². The predicted octanol–water partition coefficient (Wildman–Crippen LogP) is 1.86. The van der Waals surface area contributed by atoms with E-state index in [0.717, 1.165) is 12.8 Å². The first-order valence-corrected chi connectivity index (χ1v) is 7.76. The van der Waals surface area contributed by atoms with Crippen molar-refractivity contribution in [2.45, 2.75) is 30.7 Å². The van der Waals surface area contributed by atoms with Gasteiger partial charge in [0.2, 0.25) is 10.0 Å². The van der Waals surface area contributed by atoms with Crippen LogP contribution in [0, 0.1) is 5.92 Å². The van der Waals surface area contributed by atoms with Gasteiger partial charge in [-0.1, -0.05) is 18.2 Å². The molecule has 0 bridgehead atoms. The first kappa shape index (κ1) is 16.4. The second kappa shape index (κ2) is 6.70. The summed E-state index contributed by atoms with van der Waals surface area (Å²) in [5, 5.41) is 0. The molecule has 1 heterocycles. The van der Waals surface area contributed by atoms with Gasteiger partial charge in [-0.05, 0) is 37.8 Å². The molecule has 0 aliphatic carbocycles. The molecule has 2 atom stereocenters. The van der Waals surface area contributed by atoms with Crippen molar-refractivity contribution in [3.8, 4) is 0 Å². The van der Waals surface area contributed by atoms with Crippen molar-refractivity contribution in [2.75, 3.05) is 13.1 Å². The van der Waals surface area contributed by atoms with Gasteiger partial charge in [0.05, 0.1) is 4.90 Å². The van der Waals surface area contributed by atoms with Gasteiger partial charge in [0, 0.05) is 19.1 Å². The summed E-state index contributed by atoms with van der Waals surface area (Å²) in [6, 6.07) is 8.65. The van der Waals surface area contributed by atoms with E-state index in [1.807, 2.05) is 13.0 Å². The molecule has 0 aromatic heterocycles. The van der Waals surface area contributed by atoms with E-state index in [2.05, 4.69) is 0 Å². The van der Waals surface area contributed by atoms with E-state index in [-0.39, 0.29) is 24.4 Å². The lowest BCUT2D eigenvalue weighted by molar-refractivity contribution is 0.243. The Kier molecular flexibility index (Phi) is 5.80. The van der Waals surface area contributed by atoms with Gasteiger partial charge in [-0.2, -0.15) is 4.31 Å². The Morgan fingerprint density at radius 3 is 2.53 bits per heavy atom. The second-order valence-electron chi connectivity index (χ2n) is 4.94. The molecule has 108 valence electrons. The summed E-state index contributed by atoms with van der Waals surface area (Å²) in [6.07, 6.45) is 1.90. The van der Waals surface area contributed by atoms with Gasteiger partial charge in [0.15, 0.2) is 0 Å². The van der Waals surface area contributed by atoms with Gasteiger partial charge in [0.25, 0.3) is 0 Å². The molecule has 6 heteroatoms. The topological polar surface area (TPSA) is 63.4 Å². The molecule has 2 rings (SSSR count). The fourth-order valence-corrected chi connectivity index (χ4v) is 3.92. The molecule has 2 unspecified atom stereocenters. The third-order valence-electron chi connectivity index (χ3n) is 3.55. The average Bonchev–Trinajstić information content (AvgIpc) is 2.40. The molecule has 0 radical (unpaired) electrons. The molecule has 1 aliphatic rings. The van der Waals surface area contributed by atoms with Crippen LogP contribution in [0.25, 0.3) is 0 Å². The Morgan fingerprint density at radius 2 is 1.95 bits per heavy atom. The van der Waals surface area contributed by atoms with E-state index in [9.17, 15) is 8.42 Å². The second-order valence-corrected chi connectivity index (χ2v) is 6.88. The average molecular weight is 305 g/mol. The van der Waals surface area contributed by atoms with Crippen LogP contribution in [-0.2, 0) is 10.0 Å². The van der Waals surface area contributed by atoms with Crippen LogP contribution in [0.5, 0.6) is 0 Å². The monoisotopic (exact) mass is 304 g/mol. The van der Waals surface area contributed by atoms with Gasteiger partial charge in [-0.25, -0.2) is 8.42 Å². The summed E-state index contributed by atoms with van der Waals surface area (Å²) in [4.78, 5) is 0.371. The first-order valence-electron chi connectivity index (χ1n) is 6.32. The van der Waals surface area contributed by atoms with Crippen LogP contribution in [0.3, 0.4) is 0 Å². The molecule has 4 nitrogen and oxygen atoms in total. The van der Waals surface area contributed by atoms with E-state index < -0.39 is 10.0 Å². The highest BCUT2D eigenvalue weighted by Crippen LogP contribution is 2.24. The Bertz CT molecular complexity index is 491. The quantitative estimate of drug-likeness (QED) is 0.927. The number of nitrogens with zero attached hydrogens (tertiary/aromatic N) is 1. The van der Waals surface area contributed by atoms with Crippen molar-refractivity contribution in [1.82, 2.24) is 4.31 Å². The zero-order chi connectivity index (χ0) is 13.2. The standard InChI is InChI=1S/C13H20N2O2S.ClH/c1-11(14)12-6-5-9-15(10-12)18(16,17)13-7-3-2-4-8-13;/h2-4,7-8,11-12H,5-6,9-10,14H2,1H3;1H. The summed E-state index contributed by atoms with van der Waals surface area (Å²) in [5.41, 5.74) is 5.89. The van der Waals surface area contributed by atoms with Crippen molar-refractivity contribution in [3.05, 3.63) is 30.3 Å². The third kappa shape index (κ3) is 3.69. The summed E-state index contributed by atoms with van der Waals surface area (Å²) < 4.78 is 26.5. The van der Waals surface area contributed by atoms with E-state index in [1.54, 1.807) is 28.6 Å². The summed E-state index contributed by atoms with van der Waals surface area (Å²) in [5.74, 6) is 0.261. The van der Waals surface area contributed by atoms with E-state index >= 15 is 0 Å². The maximum atomic E-state index is 12.4. The molecule has 1 aromatic rings. The van der Waals surface area contributed by atoms with Crippen LogP contribution in [0.2, 0.25) is 0 Å². The summed E-state index contributed by atoms with van der Waals surface area (Å²) in [6.45, 7) is 3.08. The molecule has 2 N–H and O–H groups in total. The molecule has 1 fully saturated rings. The number of benzene rings is 1. The van der Waals surface area contributed by atoms with E-state index in [4.69, 9.17) is 5.73 Å². The highest BCUT2D eigenvalue weighted by atomic mass is 35.5. The lowest BCUT2D eigenvalue weighted by Gasteiger charge is -2.33. The van der Waals surface area contributed by atoms with Crippen LogP contribution in [0.1, 0.15) is 19.8 Å². The normalized spacial score (nSPS) is 22.5. The lowest BCUT2D eigenvalue weighted by Crippen LogP contribution is -2.44. The number of hydrogen-bond acceptors (Lipinski definition) is 3. The number of piperidine rings is 1. The molecular formula is C13H21ClN2O2S. The maximum absolute atomic E-state index is 12.4. The highest BCUT2D eigenvalue weighted by Gasteiger charge is 2.31. The summed E-state index contributed by atoms with van der Waals surface area (Å²) in [7, 11) is -3.35. The Morgan fingerprint density at radius 1 is 1.32 bits per heavy atom. The molecule has 19 heavy (non-hydrogen) atoms. The van der Waals surface area contributed by atoms with E-state index in [0.29, 0.717) is 18.0 Å². The maximum Gasteiger partial charge on any atom is 0.243 e. The molecule has 1 aromatic carbocycles. The van der Waals surface area contributed by atoms with Gasteiger partial charge < -0.3 is 5.73 Å². The number of hydrogen-bond donors (Lipinski definition) is 1. The zero-order valence-electron chi connectivity index (χ0n) is 11.0. The Hall–Kier alpha value is -0.620. The Balaban J connectivity index is 0.00000180. The van der Waals surface area contributed by atoms with Crippen LogP contribution < -0.4 is 5.73 Å². The van der Waals surface area contributed by atoms with Crippen molar-refractivity contribution in [3.63, 3.8) is 0 Å². The van der Waals surface area contributed by atoms with Crippen molar-refractivity contribution >= 4 is 22.4 Å². The minimum atomic E-state index is -3.35. The molecule has 0 spiro atoms. The smallest absolute Gasteiger partial charge is 0.243 e. The predicted molar refractivity (Wildman–Crippen MR) is 78.8 cm³/mol. The van der Waals surface area contributed by atoms with Crippen molar-refractivity contribution in [1.29, 1.82) is 0 Å². The van der Waals surface area contributed by atoms with Crippen LogP contribution >= 0.6 is 12.4 Å². The van der Waals surface area contributed by atoms with Crippen LogP contribution in [-0.4, -0.2) is 31.9 Å². The van der Waals surface area contributed by atoms with Gasteiger partial charge >= 0.3 is 0 Å². The number of halogens is 1. The molecule has 1 aliphatic heterocycles. The summed E-state index contributed by atoms with van der Waals surface area (Å²) >= 11 is 0. The van der Waals surface area contributed by atoms with Crippen molar-refractivity contribution < 1.29 is 8.42 Å². The molecule has 0 saturated carbocycles. The minimum absolute atomic E-state index is 0. The molecule has 0 amide bonds. The highest BCUT2D eigenvalue weighted by molar-refractivity contribution is 7.89. The van der Waals surface area contributed by atoms with Gasteiger partial charge in [0.1, 0.15) is 0 Å². The van der Waals surface area contributed by atoms with Crippen molar-refractivity contribution in [2.24, 2.45) is 11.7 Å².